The number of nitrogens with one attached hydrogen (secondary N) is 2. The first-order chi connectivity index (χ1) is 15.6. The Kier molecular flexibility index (Phi) is 5.33. The van der Waals surface area contributed by atoms with E-state index in [2.05, 4.69) is 25.5 Å². The van der Waals surface area contributed by atoms with E-state index in [9.17, 15) is 0 Å². The van der Waals surface area contributed by atoms with Crippen molar-refractivity contribution < 1.29 is 9.47 Å². The predicted molar refractivity (Wildman–Crippen MR) is 117 cm³/mol. The van der Waals surface area contributed by atoms with Crippen LogP contribution < -0.4 is 20.5 Å². The number of aromatic nitrogens is 5. The molecule has 10 nitrogen and oxygen atoms in total. The topological polar surface area (TPSA) is 148 Å². The van der Waals surface area contributed by atoms with E-state index >= 15 is 0 Å². The Hall–Kier alpha value is -3.71. The van der Waals surface area contributed by atoms with Crippen molar-refractivity contribution in [3.05, 3.63) is 35.9 Å². The molecule has 2 aliphatic rings. The molecule has 3 aromatic rings. The van der Waals surface area contributed by atoms with E-state index in [1.165, 1.54) is 12.4 Å². The van der Waals surface area contributed by atoms with Crippen molar-refractivity contribution >= 4 is 11.6 Å². The van der Waals surface area contributed by atoms with E-state index in [1.54, 1.807) is 7.11 Å². The molecule has 2 fully saturated rings. The molecule has 2 saturated carbocycles. The van der Waals surface area contributed by atoms with Crippen LogP contribution in [0.4, 0.5) is 11.6 Å². The van der Waals surface area contributed by atoms with Crippen LogP contribution in [0.2, 0.25) is 0 Å². The van der Waals surface area contributed by atoms with E-state index in [4.69, 9.17) is 25.5 Å². The van der Waals surface area contributed by atoms with Gasteiger partial charge in [-0.1, -0.05) is 0 Å². The Morgan fingerprint density at radius 3 is 2.69 bits per heavy atom. The summed E-state index contributed by atoms with van der Waals surface area (Å²) in [6.07, 6.45) is 7.93. The molecule has 5 rings (SSSR count). The summed E-state index contributed by atoms with van der Waals surface area (Å²) in [6.45, 7) is 0. The maximum Gasteiger partial charge on any atom is 0.226 e. The molecular formula is C22H24N8O2. The number of nitrogens with zero attached hydrogens (tertiary/aromatic N) is 5. The minimum absolute atomic E-state index is 0.0670. The van der Waals surface area contributed by atoms with Crippen LogP contribution in [0.25, 0.3) is 11.3 Å². The molecule has 3 aromatic heterocycles. The molecule has 0 aliphatic heterocycles. The highest BCUT2D eigenvalue weighted by Gasteiger charge is 2.31. The SMILES string of the molecule is COc1nc(C2CC2)cc(O[C@@H]2CC[C@H](N)C2)c1-c1cc(Nc2cnc(C#N)cn2)n[nH]1. The summed E-state index contributed by atoms with van der Waals surface area (Å²) in [5, 5.41) is 19.3. The third-order valence-corrected chi connectivity index (χ3v) is 5.75. The highest BCUT2D eigenvalue weighted by Crippen LogP contribution is 2.45. The Balaban J connectivity index is 1.46. The summed E-state index contributed by atoms with van der Waals surface area (Å²) in [5.41, 5.74) is 8.77. The van der Waals surface area contributed by atoms with E-state index in [1.807, 2.05) is 18.2 Å². The average Bonchev–Trinajstić information content (AvgIpc) is 3.44. The molecule has 2 atom stereocenters. The molecular weight excluding hydrogens is 408 g/mol. The van der Waals surface area contributed by atoms with Crippen LogP contribution in [0.15, 0.2) is 24.5 Å². The van der Waals surface area contributed by atoms with Crippen molar-refractivity contribution in [1.29, 1.82) is 5.26 Å². The molecule has 32 heavy (non-hydrogen) atoms. The normalized spacial score (nSPS) is 20.0. The van der Waals surface area contributed by atoms with Crippen LogP contribution in [0.3, 0.4) is 0 Å². The van der Waals surface area contributed by atoms with Gasteiger partial charge in [-0.25, -0.2) is 15.0 Å². The second-order valence-corrected chi connectivity index (χ2v) is 8.21. The number of anilines is 2. The number of pyridine rings is 1. The van der Waals surface area contributed by atoms with Crippen LogP contribution in [0.1, 0.15) is 49.4 Å². The zero-order valence-electron chi connectivity index (χ0n) is 17.7. The molecule has 0 bridgehead atoms. The molecule has 0 aromatic carbocycles. The number of aromatic amines is 1. The van der Waals surface area contributed by atoms with E-state index in [-0.39, 0.29) is 17.8 Å². The lowest BCUT2D eigenvalue weighted by molar-refractivity contribution is 0.208. The number of rotatable bonds is 7. The minimum Gasteiger partial charge on any atom is -0.489 e. The lowest BCUT2D eigenvalue weighted by Gasteiger charge is -2.19. The summed E-state index contributed by atoms with van der Waals surface area (Å²) >= 11 is 0. The molecule has 0 radical (unpaired) electrons. The van der Waals surface area contributed by atoms with Gasteiger partial charge in [0, 0.05) is 24.1 Å². The molecule has 0 spiro atoms. The van der Waals surface area contributed by atoms with Crippen LogP contribution in [-0.4, -0.2) is 44.4 Å². The van der Waals surface area contributed by atoms with Crippen molar-refractivity contribution in [3.63, 3.8) is 0 Å². The van der Waals surface area contributed by atoms with Crippen molar-refractivity contribution in [2.75, 3.05) is 12.4 Å². The van der Waals surface area contributed by atoms with Gasteiger partial charge in [-0.2, -0.15) is 10.4 Å². The van der Waals surface area contributed by atoms with Crippen molar-refractivity contribution in [2.24, 2.45) is 5.73 Å². The quantitative estimate of drug-likeness (QED) is 0.512. The lowest BCUT2D eigenvalue weighted by Crippen LogP contribution is -2.19. The maximum absolute atomic E-state index is 8.87. The average molecular weight is 432 g/mol. The fourth-order valence-electron chi connectivity index (χ4n) is 3.95. The van der Waals surface area contributed by atoms with Crippen molar-refractivity contribution in [3.8, 4) is 29.0 Å². The maximum atomic E-state index is 8.87. The van der Waals surface area contributed by atoms with Crippen molar-refractivity contribution in [1.82, 2.24) is 25.1 Å². The first-order valence-corrected chi connectivity index (χ1v) is 10.7. The summed E-state index contributed by atoms with van der Waals surface area (Å²) in [4.78, 5) is 12.9. The van der Waals surface area contributed by atoms with E-state index in [0.29, 0.717) is 29.1 Å². The van der Waals surface area contributed by atoms with Gasteiger partial charge in [0.15, 0.2) is 11.5 Å². The summed E-state index contributed by atoms with van der Waals surface area (Å²) in [6, 6.07) is 5.98. The summed E-state index contributed by atoms with van der Waals surface area (Å²) in [5.74, 6) is 2.71. The lowest BCUT2D eigenvalue weighted by atomic mass is 10.1. The summed E-state index contributed by atoms with van der Waals surface area (Å²) < 4.78 is 12.1. The zero-order valence-corrected chi connectivity index (χ0v) is 17.7. The van der Waals surface area contributed by atoms with Gasteiger partial charge in [-0.05, 0) is 32.1 Å². The molecule has 2 aliphatic carbocycles. The van der Waals surface area contributed by atoms with Crippen molar-refractivity contribution in [2.45, 2.75) is 50.2 Å². The molecule has 3 heterocycles. The zero-order chi connectivity index (χ0) is 22.1. The Morgan fingerprint density at radius 2 is 2.03 bits per heavy atom. The van der Waals surface area contributed by atoms with Gasteiger partial charge in [0.05, 0.1) is 30.9 Å². The molecule has 0 unspecified atom stereocenters. The summed E-state index contributed by atoms with van der Waals surface area (Å²) in [7, 11) is 1.61. The highest BCUT2D eigenvalue weighted by atomic mass is 16.5. The number of H-pyrrole nitrogens is 1. The van der Waals surface area contributed by atoms with Gasteiger partial charge in [-0.15, -0.1) is 0 Å². The van der Waals surface area contributed by atoms with E-state index in [0.717, 1.165) is 49.1 Å². The number of hydrogen-bond donors (Lipinski definition) is 3. The number of hydrogen-bond acceptors (Lipinski definition) is 9. The van der Waals surface area contributed by atoms with Gasteiger partial charge in [-0.3, -0.25) is 5.10 Å². The van der Waals surface area contributed by atoms with Gasteiger partial charge >= 0.3 is 0 Å². The Bertz CT molecular complexity index is 1150. The van der Waals surface area contributed by atoms with Gasteiger partial charge < -0.3 is 20.5 Å². The molecule has 10 heteroatoms. The van der Waals surface area contributed by atoms with E-state index < -0.39 is 0 Å². The first-order valence-electron chi connectivity index (χ1n) is 10.7. The van der Waals surface area contributed by atoms with Crippen LogP contribution >= 0.6 is 0 Å². The largest absolute Gasteiger partial charge is 0.489 e. The number of nitriles is 1. The number of nitrogens with two attached hydrogens (primary N) is 1. The standard InChI is InChI=1S/C22H24N8O2/c1-31-22-21(17-8-19(30-29-17)28-20-11-25-14(9-23)10-26-20)18(7-16(27-22)12-2-3-12)32-15-5-4-13(24)6-15/h7-8,10-13,15H,2-6,24H2,1H3,(H2,26,28,29,30)/t13-,15+/m0/s1. The molecule has 0 saturated heterocycles. The number of ether oxygens (including phenoxy) is 2. The van der Waals surface area contributed by atoms with Gasteiger partial charge in [0.25, 0.3) is 0 Å². The van der Waals surface area contributed by atoms with Gasteiger partial charge in [0.2, 0.25) is 5.88 Å². The first kappa shape index (κ1) is 20.2. The van der Waals surface area contributed by atoms with Crippen LogP contribution in [0, 0.1) is 11.3 Å². The predicted octanol–water partition coefficient (Wildman–Crippen LogP) is 3.02. The molecule has 0 amide bonds. The fourth-order valence-corrected chi connectivity index (χ4v) is 3.95. The third kappa shape index (κ3) is 4.20. The van der Waals surface area contributed by atoms with Gasteiger partial charge in [0.1, 0.15) is 29.3 Å². The third-order valence-electron chi connectivity index (χ3n) is 5.75. The smallest absolute Gasteiger partial charge is 0.226 e. The van der Waals surface area contributed by atoms with Crippen LogP contribution in [-0.2, 0) is 0 Å². The fraction of sp³-hybridized carbons (Fsp3) is 0.409. The second-order valence-electron chi connectivity index (χ2n) is 8.21. The highest BCUT2D eigenvalue weighted by molar-refractivity contribution is 5.75. The minimum atomic E-state index is 0.0670. The van der Waals surface area contributed by atoms with Crippen LogP contribution in [0.5, 0.6) is 11.6 Å². The molecule has 4 N–H and O–H groups in total. The number of methoxy groups -OCH3 is 1. The second kappa shape index (κ2) is 8.43. The Labute approximate surface area is 185 Å². The molecule has 164 valence electrons. The Morgan fingerprint density at radius 1 is 1.16 bits per heavy atom. The monoisotopic (exact) mass is 432 g/mol.